The number of aromatic nitrogens is 2. The van der Waals surface area contributed by atoms with E-state index in [9.17, 15) is 0 Å². The number of anilines is 1. The first-order valence-corrected chi connectivity index (χ1v) is 6.03. The second-order valence-electron chi connectivity index (χ2n) is 4.55. The fourth-order valence-corrected chi connectivity index (χ4v) is 1.79. The van der Waals surface area contributed by atoms with Gasteiger partial charge in [0.15, 0.2) is 0 Å². The van der Waals surface area contributed by atoms with Crippen LogP contribution in [0.2, 0.25) is 0 Å². The number of hydrogen-bond donors (Lipinski definition) is 2. The molecule has 16 heavy (non-hydrogen) atoms. The van der Waals surface area contributed by atoms with Crippen molar-refractivity contribution in [3.05, 3.63) is 17.6 Å². The van der Waals surface area contributed by atoms with Crippen molar-refractivity contribution in [1.82, 2.24) is 9.97 Å². The van der Waals surface area contributed by atoms with Crippen molar-refractivity contribution in [2.24, 2.45) is 11.7 Å². The fraction of sp³-hybridized carbons (Fsp3) is 0.667. The zero-order valence-electron chi connectivity index (χ0n) is 10.0. The van der Waals surface area contributed by atoms with Crippen LogP contribution in [-0.2, 0) is 6.42 Å². The standard InChI is InChI=1S/C12H20N4/c1-3-11-15-8(2)6-12(16-11)14-7-10(13)9-4-5-9/h6,9-10H,3-5,7,13H2,1-2H3,(H,14,15,16). The number of hydrogen-bond acceptors (Lipinski definition) is 4. The van der Waals surface area contributed by atoms with Gasteiger partial charge in [-0.25, -0.2) is 9.97 Å². The lowest BCUT2D eigenvalue weighted by Crippen LogP contribution is -2.31. The van der Waals surface area contributed by atoms with Gasteiger partial charge in [-0.15, -0.1) is 0 Å². The topological polar surface area (TPSA) is 63.8 Å². The molecule has 1 unspecified atom stereocenters. The monoisotopic (exact) mass is 220 g/mol. The van der Waals surface area contributed by atoms with Gasteiger partial charge >= 0.3 is 0 Å². The normalized spacial score (nSPS) is 17.2. The third-order valence-corrected chi connectivity index (χ3v) is 2.96. The molecule has 4 nitrogen and oxygen atoms in total. The smallest absolute Gasteiger partial charge is 0.130 e. The molecule has 1 aromatic rings. The van der Waals surface area contributed by atoms with Gasteiger partial charge in [0.25, 0.3) is 0 Å². The Bertz CT molecular complexity index is 360. The van der Waals surface area contributed by atoms with Crippen molar-refractivity contribution in [1.29, 1.82) is 0 Å². The van der Waals surface area contributed by atoms with E-state index in [4.69, 9.17) is 5.73 Å². The van der Waals surface area contributed by atoms with Gasteiger partial charge in [0.2, 0.25) is 0 Å². The average molecular weight is 220 g/mol. The molecule has 0 radical (unpaired) electrons. The quantitative estimate of drug-likeness (QED) is 0.789. The predicted octanol–water partition coefficient (Wildman–Crippen LogP) is 1.50. The zero-order chi connectivity index (χ0) is 11.5. The second-order valence-corrected chi connectivity index (χ2v) is 4.55. The highest BCUT2D eigenvalue weighted by Crippen LogP contribution is 2.31. The van der Waals surface area contributed by atoms with Crippen LogP contribution >= 0.6 is 0 Å². The van der Waals surface area contributed by atoms with Crippen LogP contribution in [0, 0.1) is 12.8 Å². The first kappa shape index (κ1) is 11.3. The van der Waals surface area contributed by atoms with Crippen molar-refractivity contribution in [2.75, 3.05) is 11.9 Å². The summed E-state index contributed by atoms with van der Waals surface area (Å²) in [6, 6.07) is 2.24. The van der Waals surface area contributed by atoms with Crippen LogP contribution in [0.3, 0.4) is 0 Å². The lowest BCUT2D eigenvalue weighted by molar-refractivity contribution is 0.619. The van der Waals surface area contributed by atoms with Gasteiger partial charge in [-0.2, -0.15) is 0 Å². The van der Waals surface area contributed by atoms with Crippen LogP contribution in [0.4, 0.5) is 5.82 Å². The van der Waals surface area contributed by atoms with Crippen molar-refractivity contribution in [3.63, 3.8) is 0 Å². The molecule has 0 amide bonds. The predicted molar refractivity (Wildman–Crippen MR) is 65.3 cm³/mol. The highest BCUT2D eigenvalue weighted by Gasteiger charge is 2.28. The summed E-state index contributed by atoms with van der Waals surface area (Å²) in [5.41, 5.74) is 7.04. The van der Waals surface area contributed by atoms with E-state index in [1.807, 2.05) is 13.0 Å². The molecular weight excluding hydrogens is 200 g/mol. The Kier molecular flexibility index (Phi) is 3.39. The summed E-state index contributed by atoms with van der Waals surface area (Å²) < 4.78 is 0. The summed E-state index contributed by atoms with van der Waals surface area (Å²) in [7, 11) is 0. The molecule has 88 valence electrons. The van der Waals surface area contributed by atoms with E-state index in [0.29, 0.717) is 0 Å². The Morgan fingerprint density at radius 1 is 1.50 bits per heavy atom. The molecule has 1 aliphatic carbocycles. The molecule has 2 rings (SSSR count). The second kappa shape index (κ2) is 4.78. The van der Waals surface area contributed by atoms with Gasteiger partial charge in [-0.3, -0.25) is 0 Å². The number of nitrogens with one attached hydrogen (secondary N) is 1. The van der Waals surface area contributed by atoms with Crippen LogP contribution < -0.4 is 11.1 Å². The van der Waals surface area contributed by atoms with E-state index in [2.05, 4.69) is 22.2 Å². The van der Waals surface area contributed by atoms with Gasteiger partial charge in [0, 0.05) is 30.8 Å². The van der Waals surface area contributed by atoms with Crippen molar-refractivity contribution >= 4 is 5.82 Å². The minimum Gasteiger partial charge on any atom is -0.368 e. The van der Waals surface area contributed by atoms with Crippen LogP contribution in [0.25, 0.3) is 0 Å². The molecule has 0 aliphatic heterocycles. The van der Waals surface area contributed by atoms with E-state index in [1.54, 1.807) is 0 Å². The van der Waals surface area contributed by atoms with Crippen molar-refractivity contribution in [2.45, 2.75) is 39.2 Å². The average Bonchev–Trinajstić information content (AvgIpc) is 3.08. The minimum absolute atomic E-state index is 0.264. The van der Waals surface area contributed by atoms with Gasteiger partial charge in [0.1, 0.15) is 11.6 Å². The Morgan fingerprint density at radius 2 is 2.25 bits per heavy atom. The van der Waals surface area contributed by atoms with Crippen LogP contribution in [0.5, 0.6) is 0 Å². The number of nitrogens with two attached hydrogens (primary N) is 1. The molecule has 0 bridgehead atoms. The molecule has 3 N–H and O–H groups in total. The Balaban J connectivity index is 1.94. The summed E-state index contributed by atoms with van der Waals surface area (Å²) in [6.45, 7) is 4.87. The van der Waals surface area contributed by atoms with E-state index in [0.717, 1.165) is 36.2 Å². The van der Waals surface area contributed by atoms with Crippen LogP contribution in [0.15, 0.2) is 6.07 Å². The molecular formula is C12H20N4. The van der Waals surface area contributed by atoms with Crippen molar-refractivity contribution < 1.29 is 0 Å². The number of rotatable bonds is 5. The fourth-order valence-electron chi connectivity index (χ4n) is 1.79. The third kappa shape index (κ3) is 2.92. The summed E-state index contributed by atoms with van der Waals surface area (Å²) in [6.07, 6.45) is 3.43. The summed E-state index contributed by atoms with van der Waals surface area (Å²) in [5.74, 6) is 2.52. The van der Waals surface area contributed by atoms with E-state index in [1.165, 1.54) is 12.8 Å². The third-order valence-electron chi connectivity index (χ3n) is 2.96. The van der Waals surface area contributed by atoms with Gasteiger partial charge in [0.05, 0.1) is 0 Å². The Hall–Kier alpha value is -1.16. The highest BCUT2D eigenvalue weighted by molar-refractivity contribution is 5.36. The van der Waals surface area contributed by atoms with E-state index >= 15 is 0 Å². The summed E-state index contributed by atoms with van der Waals surface area (Å²) in [4.78, 5) is 8.77. The first-order valence-electron chi connectivity index (χ1n) is 6.03. The largest absolute Gasteiger partial charge is 0.368 e. The van der Waals surface area contributed by atoms with Gasteiger partial charge in [-0.05, 0) is 25.7 Å². The molecule has 0 spiro atoms. The Labute approximate surface area is 96.7 Å². The maximum absolute atomic E-state index is 6.03. The van der Waals surface area contributed by atoms with Crippen LogP contribution in [-0.4, -0.2) is 22.6 Å². The van der Waals surface area contributed by atoms with Gasteiger partial charge in [-0.1, -0.05) is 6.92 Å². The first-order chi connectivity index (χ1) is 7.69. The molecule has 1 heterocycles. The molecule has 4 heteroatoms. The van der Waals surface area contributed by atoms with Crippen molar-refractivity contribution in [3.8, 4) is 0 Å². The van der Waals surface area contributed by atoms with Gasteiger partial charge < -0.3 is 11.1 Å². The number of nitrogens with zero attached hydrogens (tertiary/aromatic N) is 2. The minimum atomic E-state index is 0.264. The molecule has 1 atom stereocenters. The zero-order valence-corrected chi connectivity index (χ0v) is 10.0. The lowest BCUT2D eigenvalue weighted by atomic mass is 10.2. The summed E-state index contributed by atoms with van der Waals surface area (Å²) >= 11 is 0. The Morgan fingerprint density at radius 3 is 2.88 bits per heavy atom. The molecule has 1 aliphatic rings. The molecule has 1 aromatic heterocycles. The van der Waals surface area contributed by atoms with Crippen LogP contribution in [0.1, 0.15) is 31.3 Å². The maximum atomic E-state index is 6.03. The molecule has 1 saturated carbocycles. The molecule has 0 saturated heterocycles. The van der Waals surface area contributed by atoms with E-state index in [-0.39, 0.29) is 6.04 Å². The highest BCUT2D eigenvalue weighted by atomic mass is 15.0. The lowest BCUT2D eigenvalue weighted by Gasteiger charge is -2.12. The molecule has 0 aromatic carbocycles. The summed E-state index contributed by atoms with van der Waals surface area (Å²) in [5, 5.41) is 3.31. The SMILES string of the molecule is CCc1nc(C)cc(NCC(N)C2CC2)n1. The van der Waals surface area contributed by atoms with E-state index < -0.39 is 0 Å². The number of aryl methyl sites for hydroxylation is 2. The molecule has 1 fully saturated rings. The maximum Gasteiger partial charge on any atom is 0.130 e.